The van der Waals surface area contributed by atoms with Crippen LogP contribution >= 0.6 is 0 Å². The van der Waals surface area contributed by atoms with Gasteiger partial charge in [-0.15, -0.1) is 0 Å². The Balaban J connectivity index is 1.67. The maximum absolute atomic E-state index is 13.9. The summed E-state index contributed by atoms with van der Waals surface area (Å²) in [5.41, 5.74) is 7.23. The Labute approximate surface area is 152 Å². The second kappa shape index (κ2) is 8.10. The Morgan fingerprint density at radius 1 is 0.885 bits per heavy atom. The van der Waals surface area contributed by atoms with Gasteiger partial charge in [0.25, 0.3) is 11.8 Å². The zero-order chi connectivity index (χ0) is 18.5. The molecule has 2 amide bonds. The van der Waals surface area contributed by atoms with Crippen LogP contribution in [0.15, 0.2) is 48.5 Å². The van der Waals surface area contributed by atoms with E-state index in [-0.39, 0.29) is 17.4 Å². The molecule has 2 aromatic rings. The number of halogens is 1. The van der Waals surface area contributed by atoms with Crippen LogP contribution in [0.25, 0.3) is 0 Å². The molecule has 1 saturated heterocycles. The van der Waals surface area contributed by atoms with Gasteiger partial charge in [0, 0.05) is 38.3 Å². The molecular weight excluding hydrogens is 333 g/mol. The number of rotatable bonds is 3. The van der Waals surface area contributed by atoms with Crippen molar-refractivity contribution < 1.29 is 14.0 Å². The normalized spacial score (nSPS) is 14.8. The Morgan fingerprint density at radius 2 is 1.50 bits per heavy atom. The molecule has 0 atom stereocenters. The highest BCUT2D eigenvalue weighted by molar-refractivity contribution is 5.95. The number of carbonyl (C=O) groups excluding carboxylic acids is 2. The van der Waals surface area contributed by atoms with Crippen molar-refractivity contribution in [3.05, 3.63) is 71.0 Å². The molecule has 2 aromatic carbocycles. The van der Waals surface area contributed by atoms with Crippen LogP contribution < -0.4 is 5.73 Å². The van der Waals surface area contributed by atoms with E-state index < -0.39 is 5.82 Å². The number of hydrogen-bond acceptors (Lipinski definition) is 3. The number of hydrogen-bond donors (Lipinski definition) is 1. The Kier molecular flexibility index (Phi) is 5.63. The topological polar surface area (TPSA) is 66.6 Å². The maximum Gasteiger partial charge on any atom is 0.256 e. The monoisotopic (exact) mass is 355 g/mol. The van der Waals surface area contributed by atoms with E-state index in [2.05, 4.69) is 0 Å². The van der Waals surface area contributed by atoms with Crippen LogP contribution in [0, 0.1) is 5.82 Å². The van der Waals surface area contributed by atoms with Crippen LogP contribution in [0.2, 0.25) is 0 Å². The third-order valence-corrected chi connectivity index (χ3v) is 4.61. The lowest BCUT2D eigenvalue weighted by molar-refractivity contribution is 0.0716. The third kappa shape index (κ3) is 3.91. The van der Waals surface area contributed by atoms with Crippen LogP contribution in [-0.4, -0.2) is 47.8 Å². The van der Waals surface area contributed by atoms with Crippen LogP contribution in [0.1, 0.15) is 32.7 Å². The third-order valence-electron chi connectivity index (χ3n) is 4.61. The summed E-state index contributed by atoms with van der Waals surface area (Å²) in [5, 5.41) is 0. The van der Waals surface area contributed by atoms with Crippen LogP contribution in [0.3, 0.4) is 0 Å². The minimum absolute atomic E-state index is 0.0613. The SMILES string of the molecule is NCc1ccc(C(=O)N2CCCN(C(=O)c3ccccc3F)CC2)cc1. The summed E-state index contributed by atoms with van der Waals surface area (Å²) in [6.45, 7) is 2.32. The largest absolute Gasteiger partial charge is 0.337 e. The van der Waals surface area contributed by atoms with Gasteiger partial charge in [0.05, 0.1) is 5.56 Å². The highest BCUT2D eigenvalue weighted by atomic mass is 19.1. The van der Waals surface area contributed by atoms with Crippen molar-refractivity contribution in [2.45, 2.75) is 13.0 Å². The van der Waals surface area contributed by atoms with Gasteiger partial charge in [0.2, 0.25) is 0 Å². The van der Waals surface area contributed by atoms with Crippen molar-refractivity contribution in [2.24, 2.45) is 5.73 Å². The molecule has 0 spiro atoms. The van der Waals surface area contributed by atoms with Gasteiger partial charge in [-0.3, -0.25) is 9.59 Å². The van der Waals surface area contributed by atoms with Gasteiger partial charge in [-0.2, -0.15) is 0 Å². The molecule has 136 valence electrons. The fourth-order valence-corrected chi connectivity index (χ4v) is 3.09. The first-order valence-electron chi connectivity index (χ1n) is 8.72. The molecule has 0 unspecified atom stereocenters. The molecule has 1 aliphatic rings. The standard InChI is InChI=1S/C20H22FN3O2/c21-18-5-2-1-4-17(18)20(26)24-11-3-10-23(12-13-24)19(25)16-8-6-15(14-22)7-9-16/h1-2,4-9H,3,10-14,22H2. The predicted molar refractivity (Wildman–Crippen MR) is 97.2 cm³/mol. The van der Waals surface area contributed by atoms with Gasteiger partial charge in [-0.05, 0) is 36.2 Å². The molecule has 26 heavy (non-hydrogen) atoms. The molecule has 1 aliphatic heterocycles. The molecule has 1 heterocycles. The summed E-state index contributed by atoms with van der Waals surface area (Å²) in [5.74, 6) is -0.909. The average molecular weight is 355 g/mol. The highest BCUT2D eigenvalue weighted by Gasteiger charge is 2.24. The second-order valence-corrected chi connectivity index (χ2v) is 6.32. The van der Waals surface area contributed by atoms with Gasteiger partial charge in [-0.1, -0.05) is 24.3 Å². The van der Waals surface area contributed by atoms with E-state index in [0.29, 0.717) is 44.7 Å². The van der Waals surface area contributed by atoms with Gasteiger partial charge >= 0.3 is 0 Å². The summed E-state index contributed by atoms with van der Waals surface area (Å²) in [4.78, 5) is 28.6. The zero-order valence-electron chi connectivity index (χ0n) is 14.5. The number of benzene rings is 2. The number of nitrogens with zero attached hydrogens (tertiary/aromatic N) is 2. The van der Waals surface area contributed by atoms with Crippen molar-refractivity contribution in [1.82, 2.24) is 9.80 Å². The smallest absolute Gasteiger partial charge is 0.256 e. The van der Waals surface area contributed by atoms with E-state index in [1.54, 1.807) is 34.1 Å². The molecule has 2 N–H and O–H groups in total. The van der Waals surface area contributed by atoms with Gasteiger partial charge in [0.1, 0.15) is 5.82 Å². The fraction of sp³-hybridized carbons (Fsp3) is 0.300. The van der Waals surface area contributed by atoms with Gasteiger partial charge in [-0.25, -0.2) is 4.39 Å². The summed E-state index contributed by atoms with van der Waals surface area (Å²) >= 11 is 0. The lowest BCUT2D eigenvalue weighted by Crippen LogP contribution is -2.37. The second-order valence-electron chi connectivity index (χ2n) is 6.32. The molecule has 0 aliphatic carbocycles. The van der Waals surface area contributed by atoms with Gasteiger partial charge < -0.3 is 15.5 Å². The molecule has 0 bridgehead atoms. The number of nitrogens with two attached hydrogens (primary N) is 1. The summed E-state index contributed by atoms with van der Waals surface area (Å²) < 4.78 is 13.9. The Hall–Kier alpha value is -2.73. The van der Waals surface area contributed by atoms with Crippen molar-refractivity contribution in [3.63, 3.8) is 0 Å². The Bertz CT molecular complexity index is 792. The molecule has 6 heteroatoms. The maximum atomic E-state index is 13.9. The van der Waals surface area contributed by atoms with E-state index >= 15 is 0 Å². The first-order valence-corrected chi connectivity index (χ1v) is 8.72. The van der Waals surface area contributed by atoms with Crippen LogP contribution in [0.5, 0.6) is 0 Å². The van der Waals surface area contributed by atoms with E-state index in [9.17, 15) is 14.0 Å². The molecule has 1 fully saturated rings. The van der Waals surface area contributed by atoms with E-state index in [4.69, 9.17) is 5.73 Å². The average Bonchev–Trinajstić information content (AvgIpc) is 2.93. The quantitative estimate of drug-likeness (QED) is 0.918. The number of carbonyl (C=O) groups is 2. The van der Waals surface area contributed by atoms with E-state index in [1.807, 2.05) is 12.1 Å². The highest BCUT2D eigenvalue weighted by Crippen LogP contribution is 2.14. The molecule has 0 radical (unpaired) electrons. The molecular formula is C20H22FN3O2. The molecule has 0 aromatic heterocycles. The summed E-state index contributed by atoms with van der Waals surface area (Å²) in [6, 6.07) is 13.2. The molecule has 0 saturated carbocycles. The van der Waals surface area contributed by atoms with E-state index in [0.717, 1.165) is 5.56 Å². The Morgan fingerprint density at radius 3 is 2.12 bits per heavy atom. The summed E-state index contributed by atoms with van der Waals surface area (Å²) in [7, 11) is 0. The lowest BCUT2D eigenvalue weighted by Gasteiger charge is -2.22. The predicted octanol–water partition coefficient (Wildman–Crippen LogP) is 2.27. The first-order chi connectivity index (χ1) is 12.6. The van der Waals surface area contributed by atoms with Crippen molar-refractivity contribution >= 4 is 11.8 Å². The van der Waals surface area contributed by atoms with E-state index in [1.165, 1.54) is 12.1 Å². The van der Waals surface area contributed by atoms with Crippen molar-refractivity contribution in [3.8, 4) is 0 Å². The summed E-state index contributed by atoms with van der Waals surface area (Å²) in [6.07, 6.45) is 0.660. The zero-order valence-corrected chi connectivity index (χ0v) is 14.5. The first kappa shape index (κ1) is 18.1. The minimum Gasteiger partial charge on any atom is -0.337 e. The lowest BCUT2D eigenvalue weighted by atomic mass is 10.1. The van der Waals surface area contributed by atoms with Crippen molar-refractivity contribution in [2.75, 3.05) is 26.2 Å². The van der Waals surface area contributed by atoms with Gasteiger partial charge in [0.15, 0.2) is 0 Å². The molecule has 5 nitrogen and oxygen atoms in total. The number of amides is 2. The van der Waals surface area contributed by atoms with Crippen LogP contribution in [-0.2, 0) is 6.54 Å². The fourth-order valence-electron chi connectivity index (χ4n) is 3.09. The van der Waals surface area contributed by atoms with Crippen LogP contribution in [0.4, 0.5) is 4.39 Å². The molecule has 3 rings (SSSR count). The minimum atomic E-state index is -0.519. The van der Waals surface area contributed by atoms with Crippen molar-refractivity contribution in [1.29, 1.82) is 0 Å².